The average Bonchev–Trinajstić information content (AvgIpc) is 2.93. The predicted molar refractivity (Wildman–Crippen MR) is 88.5 cm³/mol. The molecule has 2 aliphatic rings. The van der Waals surface area contributed by atoms with Crippen LogP contribution >= 0.6 is 23.5 Å². The van der Waals surface area contributed by atoms with Gasteiger partial charge in [0.25, 0.3) is 0 Å². The fourth-order valence-corrected chi connectivity index (χ4v) is 4.82. The van der Waals surface area contributed by atoms with Crippen LogP contribution < -0.4 is 5.32 Å². The highest BCUT2D eigenvalue weighted by Crippen LogP contribution is 2.35. The van der Waals surface area contributed by atoms with Gasteiger partial charge in [0.15, 0.2) is 0 Å². The Kier molecular flexibility index (Phi) is 4.73. The first-order valence-corrected chi connectivity index (χ1v) is 9.59. The van der Waals surface area contributed by atoms with Crippen molar-refractivity contribution in [2.45, 2.75) is 30.9 Å². The maximum Gasteiger partial charge on any atom is 0.148 e. The minimum Gasteiger partial charge on any atom is -0.370 e. The van der Waals surface area contributed by atoms with Crippen molar-refractivity contribution >= 4 is 29.3 Å². The van der Waals surface area contributed by atoms with Crippen LogP contribution in [0, 0.1) is 0 Å². The monoisotopic (exact) mass is 310 g/mol. The van der Waals surface area contributed by atoms with Gasteiger partial charge in [-0.05, 0) is 13.5 Å². The fourth-order valence-electron chi connectivity index (χ4n) is 2.57. The van der Waals surface area contributed by atoms with Crippen molar-refractivity contribution in [1.29, 1.82) is 0 Å². The third-order valence-corrected chi connectivity index (χ3v) is 5.82. The molecule has 2 aliphatic heterocycles. The summed E-state index contributed by atoms with van der Waals surface area (Å²) in [6, 6.07) is 0.367. The molecule has 0 amide bonds. The molecule has 20 heavy (non-hydrogen) atoms. The van der Waals surface area contributed by atoms with E-state index in [4.69, 9.17) is 9.97 Å². The normalized spacial score (nSPS) is 22.8. The topological polar surface area (TPSA) is 41.1 Å². The lowest BCUT2D eigenvalue weighted by Crippen LogP contribution is -2.34. The number of rotatable bonds is 4. The Labute approximate surface area is 129 Å². The van der Waals surface area contributed by atoms with Crippen LogP contribution in [0.25, 0.3) is 0 Å². The van der Waals surface area contributed by atoms with Gasteiger partial charge in [0, 0.05) is 41.7 Å². The third kappa shape index (κ3) is 2.92. The molecule has 0 bridgehead atoms. The molecule has 1 aromatic rings. The quantitative estimate of drug-likeness (QED) is 0.922. The zero-order valence-corrected chi connectivity index (χ0v) is 13.8. The zero-order chi connectivity index (χ0) is 13.9. The van der Waals surface area contributed by atoms with Crippen molar-refractivity contribution in [3.63, 3.8) is 0 Å². The Balaban J connectivity index is 1.91. The largest absolute Gasteiger partial charge is 0.370 e. The van der Waals surface area contributed by atoms with E-state index in [-0.39, 0.29) is 0 Å². The zero-order valence-electron chi connectivity index (χ0n) is 12.2. The van der Waals surface area contributed by atoms with Crippen molar-refractivity contribution in [3.05, 3.63) is 17.1 Å². The second-order valence-electron chi connectivity index (χ2n) is 5.35. The van der Waals surface area contributed by atoms with E-state index < -0.39 is 0 Å². The molecule has 110 valence electrons. The average molecular weight is 310 g/mol. The van der Waals surface area contributed by atoms with Gasteiger partial charge in [-0.25, -0.2) is 9.97 Å². The van der Waals surface area contributed by atoms with E-state index in [1.807, 2.05) is 23.5 Å². The summed E-state index contributed by atoms with van der Waals surface area (Å²) in [7, 11) is 2.19. The minimum atomic E-state index is 0.367. The SMILES string of the molecule is CCCNc1nc(C2CSCCN2C)nc2c1CSC2. The van der Waals surface area contributed by atoms with Crippen molar-refractivity contribution in [2.24, 2.45) is 0 Å². The molecular formula is C14H22N4S2. The van der Waals surface area contributed by atoms with Crippen molar-refractivity contribution < 1.29 is 0 Å². The van der Waals surface area contributed by atoms with Gasteiger partial charge in [0.05, 0.1) is 11.7 Å². The molecular weight excluding hydrogens is 288 g/mol. The lowest BCUT2D eigenvalue weighted by molar-refractivity contribution is 0.264. The van der Waals surface area contributed by atoms with Gasteiger partial charge >= 0.3 is 0 Å². The van der Waals surface area contributed by atoms with E-state index in [9.17, 15) is 0 Å². The second kappa shape index (κ2) is 6.54. The Bertz CT molecular complexity index is 480. The second-order valence-corrected chi connectivity index (χ2v) is 7.48. The molecule has 0 saturated carbocycles. The van der Waals surface area contributed by atoms with Gasteiger partial charge in [-0.1, -0.05) is 6.92 Å². The first-order valence-electron chi connectivity index (χ1n) is 7.29. The standard InChI is InChI=1S/C14H22N4S2/c1-3-4-15-13-10-7-20-8-11(10)16-14(17-13)12-9-19-6-5-18(12)2/h12H,3-9H2,1-2H3,(H,15,16,17). The number of hydrogen-bond donors (Lipinski definition) is 1. The summed E-state index contributed by atoms with van der Waals surface area (Å²) in [5.74, 6) is 6.51. The molecule has 1 N–H and O–H groups in total. The lowest BCUT2D eigenvalue weighted by atomic mass is 10.2. The molecule has 1 aromatic heterocycles. The summed E-state index contributed by atoms with van der Waals surface area (Å²) in [5.41, 5.74) is 2.58. The summed E-state index contributed by atoms with van der Waals surface area (Å²) in [6.45, 7) is 4.31. The molecule has 4 nitrogen and oxygen atoms in total. The van der Waals surface area contributed by atoms with Gasteiger partial charge in [0.1, 0.15) is 11.6 Å². The van der Waals surface area contributed by atoms with Gasteiger partial charge < -0.3 is 5.32 Å². The number of anilines is 1. The number of nitrogens with zero attached hydrogens (tertiary/aromatic N) is 3. The van der Waals surface area contributed by atoms with Crippen molar-refractivity contribution in [3.8, 4) is 0 Å². The van der Waals surface area contributed by atoms with E-state index in [1.54, 1.807) is 0 Å². The number of nitrogens with one attached hydrogen (secondary N) is 1. The van der Waals surface area contributed by atoms with Crippen LogP contribution in [-0.4, -0.2) is 46.5 Å². The molecule has 0 aromatic carbocycles. The number of aromatic nitrogens is 2. The van der Waals surface area contributed by atoms with Gasteiger partial charge in [-0.15, -0.1) is 0 Å². The molecule has 3 rings (SSSR count). The van der Waals surface area contributed by atoms with Crippen molar-refractivity contribution in [2.75, 3.05) is 37.0 Å². The smallest absolute Gasteiger partial charge is 0.148 e. The highest BCUT2D eigenvalue weighted by Gasteiger charge is 2.27. The highest BCUT2D eigenvalue weighted by molar-refractivity contribution is 7.99. The molecule has 6 heteroatoms. The minimum absolute atomic E-state index is 0.367. The number of hydrogen-bond acceptors (Lipinski definition) is 6. The third-order valence-electron chi connectivity index (χ3n) is 3.83. The highest BCUT2D eigenvalue weighted by atomic mass is 32.2. The van der Waals surface area contributed by atoms with Crippen LogP contribution in [0.2, 0.25) is 0 Å². The summed E-state index contributed by atoms with van der Waals surface area (Å²) in [4.78, 5) is 12.1. The van der Waals surface area contributed by atoms with Gasteiger partial charge in [0.2, 0.25) is 0 Å². The van der Waals surface area contributed by atoms with E-state index in [1.165, 1.54) is 17.0 Å². The number of fused-ring (bicyclic) bond motifs is 1. The van der Waals surface area contributed by atoms with E-state index >= 15 is 0 Å². The summed E-state index contributed by atoms with van der Waals surface area (Å²) in [5, 5.41) is 3.50. The van der Waals surface area contributed by atoms with Crippen LogP contribution in [0.3, 0.4) is 0 Å². The lowest BCUT2D eigenvalue weighted by Gasteiger charge is -2.31. The van der Waals surface area contributed by atoms with Crippen LogP contribution in [-0.2, 0) is 11.5 Å². The van der Waals surface area contributed by atoms with Gasteiger partial charge in [-0.2, -0.15) is 23.5 Å². The maximum atomic E-state index is 4.87. The molecule has 0 aliphatic carbocycles. The molecule has 1 fully saturated rings. The Morgan fingerprint density at radius 3 is 3.00 bits per heavy atom. The first-order chi connectivity index (χ1) is 9.79. The molecule has 3 heterocycles. The van der Waals surface area contributed by atoms with Crippen LogP contribution in [0.4, 0.5) is 5.82 Å². The van der Waals surface area contributed by atoms with E-state index in [0.29, 0.717) is 6.04 Å². The summed E-state index contributed by atoms with van der Waals surface area (Å²) in [6.07, 6.45) is 1.13. The van der Waals surface area contributed by atoms with E-state index in [2.05, 4.69) is 24.2 Å². The molecule has 0 spiro atoms. The van der Waals surface area contributed by atoms with Crippen LogP contribution in [0.15, 0.2) is 0 Å². The molecule has 1 unspecified atom stereocenters. The maximum absolute atomic E-state index is 4.87. The Morgan fingerprint density at radius 2 is 2.20 bits per heavy atom. The Morgan fingerprint density at radius 1 is 1.30 bits per heavy atom. The van der Waals surface area contributed by atoms with Gasteiger partial charge in [-0.3, -0.25) is 4.90 Å². The van der Waals surface area contributed by atoms with Crippen LogP contribution in [0.1, 0.15) is 36.5 Å². The summed E-state index contributed by atoms with van der Waals surface area (Å²) >= 11 is 3.96. The Hall–Kier alpha value is -0.460. The predicted octanol–water partition coefficient (Wildman–Crippen LogP) is 2.77. The summed E-state index contributed by atoms with van der Waals surface area (Å²) < 4.78 is 0. The molecule has 1 saturated heterocycles. The van der Waals surface area contributed by atoms with Crippen LogP contribution in [0.5, 0.6) is 0 Å². The molecule has 0 radical (unpaired) electrons. The number of thioether (sulfide) groups is 2. The van der Waals surface area contributed by atoms with Crippen molar-refractivity contribution in [1.82, 2.24) is 14.9 Å². The first kappa shape index (κ1) is 14.5. The molecule has 1 atom stereocenters. The fraction of sp³-hybridized carbons (Fsp3) is 0.714. The van der Waals surface area contributed by atoms with E-state index in [0.717, 1.165) is 48.4 Å².